The topological polar surface area (TPSA) is 70.1 Å². The number of hydrazone groups is 1. The number of piperidine rings is 1. The van der Waals surface area contributed by atoms with Crippen molar-refractivity contribution in [2.24, 2.45) is 5.10 Å². The van der Waals surface area contributed by atoms with Crippen molar-refractivity contribution in [2.75, 3.05) is 26.7 Å². The molecule has 1 amide bonds. The Hall–Kier alpha value is -3.06. The van der Waals surface area contributed by atoms with Crippen LogP contribution in [-0.2, 0) is 9.63 Å². The first-order valence-corrected chi connectivity index (χ1v) is 11.6. The average Bonchev–Trinajstić information content (AvgIpc) is 3.47. The molecule has 2 aliphatic heterocycles. The standard InChI is InChI=1S/C22H22F5N5O2S/c1-31(28-12-22(25,26)27)10-19(33)32-7-5-13(6-8-32)21-29-17(11-35-21)16-9-18(34-30-16)20-14(23)3-2-4-15(20)24/h2-4,9,11-13,18,30H,5-8,10H2,1H3. The molecular weight excluding hydrogens is 493 g/mol. The number of likely N-dealkylation sites (tertiary alicyclic amines) is 1. The quantitative estimate of drug-likeness (QED) is 0.355. The Bertz CT molecular complexity index is 1110. The van der Waals surface area contributed by atoms with Crippen molar-refractivity contribution in [1.29, 1.82) is 0 Å². The molecule has 13 heteroatoms. The fourth-order valence-corrected chi connectivity index (χ4v) is 4.88. The molecule has 35 heavy (non-hydrogen) atoms. The summed E-state index contributed by atoms with van der Waals surface area (Å²) in [5.74, 6) is -1.59. The number of halogens is 5. The number of amides is 1. The Morgan fingerprint density at radius 3 is 2.66 bits per heavy atom. The number of nitrogens with zero attached hydrogens (tertiary/aromatic N) is 4. The van der Waals surface area contributed by atoms with Gasteiger partial charge in [-0.25, -0.2) is 13.8 Å². The number of benzene rings is 1. The van der Waals surface area contributed by atoms with Crippen LogP contribution in [0.5, 0.6) is 0 Å². The number of likely N-dealkylation sites (N-methyl/N-ethyl adjacent to an activating group) is 1. The van der Waals surface area contributed by atoms with Crippen LogP contribution in [0.1, 0.15) is 41.1 Å². The van der Waals surface area contributed by atoms with E-state index in [1.165, 1.54) is 36.6 Å². The lowest BCUT2D eigenvalue weighted by molar-refractivity contribution is -0.133. The lowest BCUT2D eigenvalue weighted by atomic mass is 9.97. The molecule has 1 atom stereocenters. The van der Waals surface area contributed by atoms with Gasteiger partial charge in [-0.05, 0) is 31.1 Å². The van der Waals surface area contributed by atoms with E-state index in [9.17, 15) is 26.7 Å². The Balaban J connectivity index is 1.33. The Labute approximate surface area is 201 Å². The summed E-state index contributed by atoms with van der Waals surface area (Å²) in [6, 6.07) is 3.62. The second kappa shape index (κ2) is 10.3. The number of carbonyl (C=O) groups is 1. The zero-order chi connectivity index (χ0) is 25.2. The lowest BCUT2D eigenvalue weighted by Gasteiger charge is -2.32. The molecule has 1 aromatic carbocycles. The smallest absolute Gasteiger partial charge is 0.341 e. The zero-order valence-electron chi connectivity index (χ0n) is 18.6. The molecule has 1 saturated heterocycles. The highest BCUT2D eigenvalue weighted by molar-refractivity contribution is 7.09. The van der Waals surface area contributed by atoms with Gasteiger partial charge in [-0.1, -0.05) is 6.07 Å². The summed E-state index contributed by atoms with van der Waals surface area (Å²) < 4.78 is 64.8. The fourth-order valence-electron chi connectivity index (χ4n) is 3.88. The van der Waals surface area contributed by atoms with Crippen molar-refractivity contribution in [1.82, 2.24) is 20.4 Å². The number of aromatic nitrogens is 1. The number of hydrogen-bond donors (Lipinski definition) is 1. The largest absolute Gasteiger partial charge is 0.428 e. The molecule has 0 spiro atoms. The second-order valence-electron chi connectivity index (χ2n) is 8.18. The van der Waals surface area contributed by atoms with Gasteiger partial charge in [0, 0.05) is 31.4 Å². The molecule has 0 aliphatic carbocycles. The summed E-state index contributed by atoms with van der Waals surface area (Å²) in [6.45, 7) is 0.657. The van der Waals surface area contributed by atoms with Gasteiger partial charge in [0.15, 0.2) is 0 Å². The van der Waals surface area contributed by atoms with Gasteiger partial charge >= 0.3 is 6.18 Å². The monoisotopic (exact) mass is 515 g/mol. The van der Waals surface area contributed by atoms with Crippen molar-refractivity contribution in [3.63, 3.8) is 0 Å². The molecule has 0 radical (unpaired) electrons. The number of nitrogens with one attached hydrogen (secondary N) is 1. The average molecular weight is 516 g/mol. The van der Waals surface area contributed by atoms with Crippen LogP contribution < -0.4 is 5.48 Å². The summed E-state index contributed by atoms with van der Waals surface area (Å²) in [6.07, 6.45) is -2.74. The summed E-state index contributed by atoms with van der Waals surface area (Å²) >= 11 is 1.44. The first-order chi connectivity index (χ1) is 16.6. The third-order valence-electron chi connectivity index (χ3n) is 5.66. The summed E-state index contributed by atoms with van der Waals surface area (Å²) in [5, 5.41) is 6.88. The lowest BCUT2D eigenvalue weighted by Crippen LogP contribution is -2.42. The van der Waals surface area contributed by atoms with E-state index in [4.69, 9.17) is 4.84 Å². The first-order valence-electron chi connectivity index (χ1n) is 10.7. The molecular formula is C22H22F5N5O2S. The van der Waals surface area contributed by atoms with Crippen molar-refractivity contribution in [3.8, 4) is 0 Å². The van der Waals surface area contributed by atoms with Crippen LogP contribution in [0.15, 0.2) is 34.8 Å². The maximum absolute atomic E-state index is 14.0. The van der Waals surface area contributed by atoms with Gasteiger partial charge in [-0.15, -0.1) is 11.3 Å². The molecule has 0 bridgehead atoms. The summed E-state index contributed by atoms with van der Waals surface area (Å²) in [4.78, 5) is 24.0. The van der Waals surface area contributed by atoms with Gasteiger partial charge in [0.05, 0.1) is 22.0 Å². The predicted molar refractivity (Wildman–Crippen MR) is 119 cm³/mol. The van der Waals surface area contributed by atoms with E-state index in [1.807, 2.05) is 5.38 Å². The molecule has 1 N–H and O–H groups in total. The number of hydroxylamine groups is 1. The van der Waals surface area contributed by atoms with Crippen LogP contribution in [0, 0.1) is 11.6 Å². The Morgan fingerprint density at radius 2 is 2.00 bits per heavy atom. The number of hydrogen-bond acceptors (Lipinski definition) is 7. The van der Waals surface area contributed by atoms with Gasteiger partial charge in [0.25, 0.3) is 0 Å². The van der Waals surface area contributed by atoms with Gasteiger partial charge < -0.3 is 4.90 Å². The van der Waals surface area contributed by atoms with E-state index < -0.39 is 23.9 Å². The maximum Gasteiger partial charge on any atom is 0.428 e. The maximum atomic E-state index is 14.0. The predicted octanol–water partition coefficient (Wildman–Crippen LogP) is 4.22. The van der Waals surface area contributed by atoms with E-state index in [-0.39, 0.29) is 30.1 Å². The van der Waals surface area contributed by atoms with Crippen molar-refractivity contribution < 1.29 is 31.6 Å². The SMILES string of the molecule is CN(CC(=O)N1CCC(c2nc(C3=CC(c4c(F)cccc4F)ON3)cs2)CC1)N=CC(F)(F)F. The third-order valence-corrected chi connectivity index (χ3v) is 6.67. The minimum Gasteiger partial charge on any atom is -0.341 e. The van der Waals surface area contributed by atoms with Crippen LogP contribution in [0.25, 0.3) is 5.70 Å². The second-order valence-corrected chi connectivity index (χ2v) is 9.07. The van der Waals surface area contributed by atoms with E-state index in [0.29, 0.717) is 37.3 Å². The van der Waals surface area contributed by atoms with E-state index >= 15 is 0 Å². The number of thiazole rings is 1. The van der Waals surface area contributed by atoms with Crippen LogP contribution in [0.2, 0.25) is 0 Å². The van der Waals surface area contributed by atoms with Crippen molar-refractivity contribution in [2.45, 2.75) is 31.0 Å². The van der Waals surface area contributed by atoms with E-state index in [2.05, 4.69) is 15.6 Å². The zero-order valence-corrected chi connectivity index (χ0v) is 19.4. The molecule has 1 unspecified atom stereocenters. The molecule has 4 rings (SSSR count). The Morgan fingerprint density at radius 1 is 1.31 bits per heavy atom. The number of rotatable bonds is 6. The summed E-state index contributed by atoms with van der Waals surface area (Å²) in [5.41, 5.74) is 3.60. The molecule has 7 nitrogen and oxygen atoms in total. The molecule has 2 aromatic rings. The van der Waals surface area contributed by atoms with E-state index in [0.717, 1.165) is 10.0 Å². The van der Waals surface area contributed by atoms with Crippen molar-refractivity contribution in [3.05, 3.63) is 57.6 Å². The highest BCUT2D eigenvalue weighted by atomic mass is 32.1. The first kappa shape index (κ1) is 25.0. The molecule has 2 aliphatic rings. The summed E-state index contributed by atoms with van der Waals surface area (Å²) in [7, 11) is 1.31. The minimum absolute atomic E-state index is 0.113. The Kier molecular flexibility index (Phi) is 7.36. The third kappa shape index (κ3) is 6.14. The molecule has 188 valence electrons. The van der Waals surface area contributed by atoms with Crippen LogP contribution in [0.3, 0.4) is 0 Å². The fraction of sp³-hybridized carbons (Fsp3) is 0.409. The molecule has 3 heterocycles. The normalized spacial score (nSPS) is 19.2. The van der Waals surface area contributed by atoms with Gasteiger partial charge in [-0.2, -0.15) is 18.3 Å². The van der Waals surface area contributed by atoms with Gasteiger partial charge in [0.2, 0.25) is 5.91 Å². The van der Waals surface area contributed by atoms with E-state index in [1.54, 1.807) is 11.0 Å². The van der Waals surface area contributed by atoms with Crippen molar-refractivity contribution >= 4 is 29.2 Å². The number of alkyl halides is 3. The van der Waals surface area contributed by atoms with Crippen LogP contribution in [-0.4, -0.2) is 59.9 Å². The number of carbonyl (C=O) groups excluding carboxylic acids is 1. The van der Waals surface area contributed by atoms with Gasteiger partial charge in [-0.3, -0.25) is 20.1 Å². The molecule has 1 aromatic heterocycles. The van der Waals surface area contributed by atoms with Crippen LogP contribution in [0.4, 0.5) is 22.0 Å². The minimum atomic E-state index is -4.53. The highest BCUT2D eigenvalue weighted by Gasteiger charge is 2.29. The molecule has 1 fully saturated rings. The highest BCUT2D eigenvalue weighted by Crippen LogP contribution is 2.35. The van der Waals surface area contributed by atoms with Crippen LogP contribution >= 0.6 is 11.3 Å². The molecule has 0 saturated carbocycles. The van der Waals surface area contributed by atoms with Gasteiger partial charge in [0.1, 0.15) is 30.5 Å².